The third kappa shape index (κ3) is 4.69. The predicted octanol–water partition coefficient (Wildman–Crippen LogP) is 3.87. The van der Waals surface area contributed by atoms with Crippen molar-refractivity contribution in [3.63, 3.8) is 0 Å². The van der Waals surface area contributed by atoms with Crippen LogP contribution in [0.1, 0.15) is 21.5 Å². The molecule has 3 nitrogen and oxygen atoms in total. The minimum atomic E-state index is -0.299. The fraction of sp³-hybridized carbons (Fsp3) is 0.235. The van der Waals surface area contributed by atoms with E-state index < -0.39 is 0 Å². The Bertz CT molecular complexity index is 610. The fourth-order valence-electron chi connectivity index (χ4n) is 2.18. The van der Waals surface area contributed by atoms with Crippen LogP contribution in [0.15, 0.2) is 53.0 Å². The van der Waals surface area contributed by atoms with Crippen molar-refractivity contribution in [2.75, 3.05) is 14.2 Å². The number of hydrogen-bond donors (Lipinski definition) is 0. The number of hydrogen-bond acceptors (Lipinski definition) is 3. The van der Waals surface area contributed by atoms with Gasteiger partial charge in [-0.1, -0.05) is 40.2 Å². The van der Waals surface area contributed by atoms with E-state index in [0.717, 1.165) is 23.1 Å². The number of halogens is 1. The molecule has 0 aromatic heterocycles. The van der Waals surface area contributed by atoms with Gasteiger partial charge in [-0.3, -0.25) is 4.90 Å². The van der Waals surface area contributed by atoms with Crippen molar-refractivity contribution in [3.8, 4) is 0 Å². The van der Waals surface area contributed by atoms with Gasteiger partial charge in [0.15, 0.2) is 0 Å². The lowest BCUT2D eigenvalue weighted by atomic mass is 10.1. The first-order chi connectivity index (χ1) is 10.1. The molecule has 2 rings (SSSR count). The predicted molar refractivity (Wildman–Crippen MR) is 87.1 cm³/mol. The van der Waals surface area contributed by atoms with Crippen molar-refractivity contribution in [1.82, 2.24) is 4.90 Å². The molecule has 0 spiro atoms. The molecular formula is C17H18BrNO2. The number of methoxy groups -OCH3 is 1. The largest absolute Gasteiger partial charge is 0.465 e. The van der Waals surface area contributed by atoms with Crippen LogP contribution in [0, 0.1) is 0 Å². The molecule has 0 saturated carbocycles. The summed E-state index contributed by atoms with van der Waals surface area (Å²) in [6.07, 6.45) is 0. The Morgan fingerprint density at radius 2 is 1.76 bits per heavy atom. The van der Waals surface area contributed by atoms with Gasteiger partial charge in [0.1, 0.15) is 0 Å². The number of nitrogens with zero attached hydrogens (tertiary/aromatic N) is 1. The van der Waals surface area contributed by atoms with E-state index >= 15 is 0 Å². The smallest absolute Gasteiger partial charge is 0.337 e. The molecule has 110 valence electrons. The number of rotatable bonds is 5. The highest BCUT2D eigenvalue weighted by Gasteiger charge is 2.07. The van der Waals surface area contributed by atoms with Crippen LogP contribution >= 0.6 is 15.9 Å². The molecule has 4 heteroatoms. The summed E-state index contributed by atoms with van der Waals surface area (Å²) in [6, 6.07) is 15.8. The van der Waals surface area contributed by atoms with E-state index in [-0.39, 0.29) is 5.97 Å². The molecule has 0 aliphatic heterocycles. The summed E-state index contributed by atoms with van der Waals surface area (Å²) < 4.78 is 5.83. The van der Waals surface area contributed by atoms with Gasteiger partial charge in [0.05, 0.1) is 12.7 Å². The number of esters is 1. The molecule has 0 aliphatic carbocycles. The first-order valence-electron chi connectivity index (χ1n) is 6.68. The average Bonchev–Trinajstić information content (AvgIpc) is 2.49. The van der Waals surface area contributed by atoms with Crippen molar-refractivity contribution in [2.45, 2.75) is 13.1 Å². The number of benzene rings is 2. The van der Waals surface area contributed by atoms with Gasteiger partial charge >= 0.3 is 5.97 Å². The van der Waals surface area contributed by atoms with Gasteiger partial charge in [-0.25, -0.2) is 4.79 Å². The van der Waals surface area contributed by atoms with E-state index in [1.54, 1.807) is 6.07 Å². The summed E-state index contributed by atoms with van der Waals surface area (Å²) in [6.45, 7) is 1.64. The molecular weight excluding hydrogens is 330 g/mol. The van der Waals surface area contributed by atoms with Gasteiger partial charge < -0.3 is 4.74 Å². The van der Waals surface area contributed by atoms with Crippen LogP contribution in [-0.4, -0.2) is 25.0 Å². The van der Waals surface area contributed by atoms with Crippen molar-refractivity contribution in [3.05, 3.63) is 69.7 Å². The van der Waals surface area contributed by atoms with Crippen LogP contribution in [0.3, 0.4) is 0 Å². The van der Waals surface area contributed by atoms with Crippen molar-refractivity contribution < 1.29 is 9.53 Å². The van der Waals surface area contributed by atoms with E-state index in [0.29, 0.717) is 5.56 Å². The van der Waals surface area contributed by atoms with Crippen LogP contribution in [0.4, 0.5) is 0 Å². The van der Waals surface area contributed by atoms with Gasteiger partial charge in [0, 0.05) is 17.6 Å². The van der Waals surface area contributed by atoms with E-state index in [9.17, 15) is 4.79 Å². The zero-order valence-corrected chi connectivity index (χ0v) is 13.8. The lowest BCUT2D eigenvalue weighted by Crippen LogP contribution is -2.17. The Morgan fingerprint density at radius 1 is 1.10 bits per heavy atom. The highest BCUT2D eigenvalue weighted by atomic mass is 79.9. The summed E-state index contributed by atoms with van der Waals surface area (Å²) in [7, 11) is 3.46. The Balaban J connectivity index is 2.00. The van der Waals surface area contributed by atoms with Crippen molar-refractivity contribution >= 4 is 21.9 Å². The normalized spacial score (nSPS) is 10.7. The summed E-state index contributed by atoms with van der Waals surface area (Å²) in [4.78, 5) is 13.7. The number of carbonyl (C=O) groups is 1. The van der Waals surface area contributed by atoms with E-state index in [1.165, 1.54) is 12.7 Å². The molecule has 0 fully saturated rings. The molecule has 21 heavy (non-hydrogen) atoms. The van der Waals surface area contributed by atoms with E-state index in [1.807, 2.05) is 30.3 Å². The van der Waals surface area contributed by atoms with Gasteiger partial charge in [0.25, 0.3) is 0 Å². The molecule has 0 amide bonds. The van der Waals surface area contributed by atoms with Crippen LogP contribution in [0.5, 0.6) is 0 Å². The molecule has 2 aromatic carbocycles. The molecule has 0 N–H and O–H groups in total. The molecule has 0 radical (unpaired) electrons. The lowest BCUT2D eigenvalue weighted by Gasteiger charge is -2.17. The minimum Gasteiger partial charge on any atom is -0.465 e. The molecule has 0 heterocycles. The Kier molecular flexibility index (Phi) is 5.53. The first-order valence-corrected chi connectivity index (χ1v) is 7.48. The summed E-state index contributed by atoms with van der Waals surface area (Å²) in [5.41, 5.74) is 2.94. The van der Waals surface area contributed by atoms with Crippen LogP contribution in [-0.2, 0) is 17.8 Å². The Labute approximate surface area is 133 Å². The molecule has 0 aliphatic rings. The highest BCUT2D eigenvalue weighted by molar-refractivity contribution is 9.10. The van der Waals surface area contributed by atoms with Gasteiger partial charge in [-0.15, -0.1) is 0 Å². The second kappa shape index (κ2) is 7.38. The van der Waals surface area contributed by atoms with Gasteiger partial charge in [-0.05, 0) is 42.4 Å². The quantitative estimate of drug-likeness (QED) is 0.769. The standard InChI is InChI=1S/C17H18BrNO2/c1-19(11-13-6-8-16(18)9-7-13)12-14-4-3-5-15(10-14)17(20)21-2/h3-10H,11-12H2,1-2H3. The van der Waals surface area contributed by atoms with Crippen LogP contribution in [0.25, 0.3) is 0 Å². The second-order valence-electron chi connectivity index (χ2n) is 4.99. The van der Waals surface area contributed by atoms with Gasteiger partial charge in [0.2, 0.25) is 0 Å². The third-order valence-electron chi connectivity index (χ3n) is 3.17. The molecule has 0 saturated heterocycles. The zero-order valence-electron chi connectivity index (χ0n) is 12.2. The monoisotopic (exact) mass is 347 g/mol. The summed E-state index contributed by atoms with van der Waals surface area (Å²) in [5.74, 6) is -0.299. The van der Waals surface area contributed by atoms with E-state index in [4.69, 9.17) is 4.74 Å². The lowest BCUT2D eigenvalue weighted by molar-refractivity contribution is 0.0600. The Morgan fingerprint density at radius 3 is 2.43 bits per heavy atom. The van der Waals surface area contributed by atoms with Gasteiger partial charge in [-0.2, -0.15) is 0 Å². The molecule has 0 bridgehead atoms. The SMILES string of the molecule is COC(=O)c1cccc(CN(C)Cc2ccc(Br)cc2)c1. The summed E-state index contributed by atoms with van der Waals surface area (Å²) >= 11 is 3.44. The third-order valence-corrected chi connectivity index (χ3v) is 3.69. The average molecular weight is 348 g/mol. The van der Waals surface area contributed by atoms with Crippen LogP contribution < -0.4 is 0 Å². The molecule has 2 aromatic rings. The maximum atomic E-state index is 11.5. The van der Waals surface area contributed by atoms with Crippen LogP contribution in [0.2, 0.25) is 0 Å². The van der Waals surface area contributed by atoms with Crippen molar-refractivity contribution in [2.24, 2.45) is 0 Å². The maximum absolute atomic E-state index is 11.5. The topological polar surface area (TPSA) is 29.5 Å². The highest BCUT2D eigenvalue weighted by Crippen LogP contribution is 2.14. The molecule has 0 unspecified atom stereocenters. The second-order valence-corrected chi connectivity index (χ2v) is 5.91. The maximum Gasteiger partial charge on any atom is 0.337 e. The zero-order chi connectivity index (χ0) is 15.2. The molecule has 0 atom stereocenters. The Hall–Kier alpha value is -1.65. The fourth-order valence-corrected chi connectivity index (χ4v) is 2.45. The summed E-state index contributed by atoms with van der Waals surface area (Å²) in [5, 5.41) is 0. The minimum absolute atomic E-state index is 0.299. The number of ether oxygens (including phenoxy) is 1. The first kappa shape index (κ1) is 15.7. The number of carbonyl (C=O) groups excluding carboxylic acids is 1. The van der Waals surface area contributed by atoms with E-state index in [2.05, 4.69) is 40.0 Å². The van der Waals surface area contributed by atoms with Crippen molar-refractivity contribution in [1.29, 1.82) is 0 Å².